The van der Waals surface area contributed by atoms with Crippen LogP contribution in [0, 0.1) is 6.92 Å². The zero-order valence-corrected chi connectivity index (χ0v) is 16.0. The van der Waals surface area contributed by atoms with Crippen LogP contribution in [0.25, 0.3) is 6.08 Å². The van der Waals surface area contributed by atoms with Crippen LogP contribution in [0.5, 0.6) is 0 Å². The van der Waals surface area contributed by atoms with Crippen molar-refractivity contribution < 1.29 is 14.3 Å². The van der Waals surface area contributed by atoms with Gasteiger partial charge >= 0.3 is 5.97 Å². The molecule has 2 aromatic rings. The van der Waals surface area contributed by atoms with Gasteiger partial charge in [0.1, 0.15) is 5.15 Å². The third-order valence-corrected chi connectivity index (χ3v) is 4.15. The number of aryl methyl sites for hydroxylation is 1. The second-order valence-electron chi connectivity index (χ2n) is 6.08. The fourth-order valence-corrected chi connectivity index (χ4v) is 2.69. The number of nitrogens with zero attached hydrogens (tertiary/aromatic N) is 3. The molecule has 0 N–H and O–H groups in total. The van der Waals surface area contributed by atoms with Gasteiger partial charge in [-0.25, -0.2) is 9.48 Å². The number of rotatable bonds is 6. The van der Waals surface area contributed by atoms with Gasteiger partial charge < -0.3 is 9.64 Å². The highest BCUT2D eigenvalue weighted by Gasteiger charge is 2.18. The van der Waals surface area contributed by atoms with E-state index in [2.05, 4.69) is 5.10 Å². The number of carbonyl (C=O) groups excluding carboxylic acids is 2. The van der Waals surface area contributed by atoms with Gasteiger partial charge in [0.25, 0.3) is 5.91 Å². The summed E-state index contributed by atoms with van der Waals surface area (Å²) in [6.07, 6.45) is 1.96. The van der Waals surface area contributed by atoms with Gasteiger partial charge in [0.2, 0.25) is 0 Å². The molecule has 0 aliphatic heterocycles. The van der Waals surface area contributed by atoms with Gasteiger partial charge in [-0.2, -0.15) is 5.10 Å². The summed E-state index contributed by atoms with van der Waals surface area (Å²) < 4.78 is 6.77. The third kappa shape index (κ3) is 4.95. The van der Waals surface area contributed by atoms with Crippen LogP contribution >= 0.6 is 11.6 Å². The molecule has 1 heterocycles. The van der Waals surface area contributed by atoms with Crippen molar-refractivity contribution in [3.63, 3.8) is 0 Å². The molecule has 0 bridgehead atoms. The van der Waals surface area contributed by atoms with Crippen molar-refractivity contribution in [3.8, 4) is 0 Å². The summed E-state index contributed by atoms with van der Waals surface area (Å²) in [6.45, 7) is 3.88. The number of carbonyl (C=O) groups is 2. The molecule has 0 aliphatic rings. The van der Waals surface area contributed by atoms with Crippen LogP contribution in [0.3, 0.4) is 0 Å². The predicted octanol–water partition coefficient (Wildman–Crippen LogP) is 2.93. The first kappa shape index (κ1) is 19.7. The van der Waals surface area contributed by atoms with E-state index < -0.39 is 12.1 Å². The van der Waals surface area contributed by atoms with Crippen molar-refractivity contribution in [3.05, 3.63) is 58.4 Å². The molecular formula is C19H22ClN3O3. The number of likely N-dealkylation sites (N-methyl/N-ethyl adjacent to an activating group) is 1. The van der Waals surface area contributed by atoms with Gasteiger partial charge in [-0.3, -0.25) is 4.79 Å². The monoisotopic (exact) mass is 375 g/mol. The smallest absolute Gasteiger partial charge is 0.331 e. The Morgan fingerprint density at radius 2 is 1.96 bits per heavy atom. The van der Waals surface area contributed by atoms with Crippen molar-refractivity contribution >= 4 is 29.6 Å². The SMILES string of the molecule is Cc1nn(Cc2ccccc2)c(Cl)c1/C=C/C(=O)O[C@H](C)C(=O)N(C)C. The van der Waals surface area contributed by atoms with Gasteiger partial charge in [-0.1, -0.05) is 41.9 Å². The Balaban J connectivity index is 2.08. The number of amides is 1. The maximum absolute atomic E-state index is 11.9. The third-order valence-electron chi connectivity index (χ3n) is 3.75. The van der Waals surface area contributed by atoms with Crippen molar-refractivity contribution in [2.45, 2.75) is 26.5 Å². The van der Waals surface area contributed by atoms with Gasteiger partial charge in [0.15, 0.2) is 6.10 Å². The molecule has 7 heteroatoms. The van der Waals surface area contributed by atoms with E-state index in [1.54, 1.807) is 24.9 Å². The van der Waals surface area contributed by atoms with Crippen LogP contribution < -0.4 is 0 Å². The second-order valence-corrected chi connectivity index (χ2v) is 6.44. The largest absolute Gasteiger partial charge is 0.449 e. The van der Waals surface area contributed by atoms with E-state index in [4.69, 9.17) is 16.3 Å². The minimum atomic E-state index is -0.848. The molecule has 1 atom stereocenters. The number of hydrogen-bond acceptors (Lipinski definition) is 4. The van der Waals surface area contributed by atoms with Gasteiger partial charge in [0.05, 0.1) is 12.2 Å². The van der Waals surface area contributed by atoms with Gasteiger partial charge in [-0.15, -0.1) is 0 Å². The van der Waals surface area contributed by atoms with E-state index in [1.165, 1.54) is 17.9 Å². The van der Waals surface area contributed by atoms with E-state index in [0.29, 0.717) is 23.0 Å². The molecule has 0 saturated heterocycles. The molecule has 0 spiro atoms. The Morgan fingerprint density at radius 1 is 1.31 bits per heavy atom. The van der Waals surface area contributed by atoms with Crippen LogP contribution in [0.4, 0.5) is 0 Å². The van der Waals surface area contributed by atoms with Crippen LogP contribution in [0.15, 0.2) is 36.4 Å². The first-order valence-electron chi connectivity index (χ1n) is 8.16. The number of ether oxygens (including phenoxy) is 1. The van der Waals surface area contributed by atoms with Crippen molar-refractivity contribution in [2.75, 3.05) is 14.1 Å². The lowest BCUT2D eigenvalue weighted by Gasteiger charge is -2.16. The number of benzene rings is 1. The van der Waals surface area contributed by atoms with Crippen LogP contribution in [0.1, 0.15) is 23.7 Å². The quantitative estimate of drug-likeness (QED) is 0.575. The Hall–Kier alpha value is -2.60. The lowest BCUT2D eigenvalue weighted by atomic mass is 10.2. The fraction of sp³-hybridized carbons (Fsp3) is 0.316. The molecule has 1 amide bonds. The summed E-state index contributed by atoms with van der Waals surface area (Å²) in [5.41, 5.74) is 2.42. The van der Waals surface area contributed by atoms with E-state index in [0.717, 1.165) is 5.56 Å². The predicted molar refractivity (Wildman–Crippen MR) is 101 cm³/mol. The number of halogens is 1. The molecular weight excluding hydrogens is 354 g/mol. The lowest BCUT2D eigenvalue weighted by molar-refractivity contribution is -0.153. The van der Waals surface area contributed by atoms with Crippen molar-refractivity contribution in [1.82, 2.24) is 14.7 Å². The van der Waals surface area contributed by atoms with Crippen LogP contribution in [0.2, 0.25) is 5.15 Å². The fourth-order valence-electron chi connectivity index (χ4n) is 2.40. The molecule has 1 aromatic carbocycles. The normalized spacial score (nSPS) is 12.2. The zero-order chi connectivity index (χ0) is 19.3. The Bertz CT molecular complexity index is 813. The first-order chi connectivity index (χ1) is 12.3. The Kier molecular flexibility index (Phi) is 6.58. The average molecular weight is 376 g/mol. The summed E-state index contributed by atoms with van der Waals surface area (Å²) in [5.74, 6) is -0.893. The molecule has 0 unspecified atom stereocenters. The molecule has 138 valence electrons. The summed E-state index contributed by atoms with van der Waals surface area (Å²) >= 11 is 6.40. The Labute approximate surface area is 158 Å². The highest BCUT2D eigenvalue weighted by atomic mass is 35.5. The van der Waals surface area contributed by atoms with Crippen LogP contribution in [-0.2, 0) is 20.9 Å². The maximum Gasteiger partial charge on any atom is 0.331 e. The number of esters is 1. The number of aromatic nitrogens is 2. The molecule has 0 radical (unpaired) electrons. The minimum absolute atomic E-state index is 0.281. The second kappa shape index (κ2) is 8.67. The topological polar surface area (TPSA) is 64.4 Å². The molecule has 26 heavy (non-hydrogen) atoms. The van der Waals surface area contributed by atoms with E-state index in [-0.39, 0.29) is 5.91 Å². The first-order valence-corrected chi connectivity index (χ1v) is 8.54. The summed E-state index contributed by atoms with van der Waals surface area (Å²) in [4.78, 5) is 25.0. The van der Waals surface area contributed by atoms with E-state index >= 15 is 0 Å². The molecule has 0 aliphatic carbocycles. The summed E-state index contributed by atoms with van der Waals surface area (Å²) in [7, 11) is 3.21. The maximum atomic E-state index is 11.9. The van der Waals surface area contributed by atoms with Crippen molar-refractivity contribution in [2.24, 2.45) is 0 Å². The molecule has 0 fully saturated rings. The summed E-state index contributed by atoms with van der Waals surface area (Å²) in [6, 6.07) is 9.83. The highest BCUT2D eigenvalue weighted by Crippen LogP contribution is 2.22. The zero-order valence-electron chi connectivity index (χ0n) is 15.3. The molecule has 1 aromatic heterocycles. The van der Waals surface area contributed by atoms with E-state index in [9.17, 15) is 9.59 Å². The summed E-state index contributed by atoms with van der Waals surface area (Å²) in [5, 5.41) is 4.85. The molecule has 0 saturated carbocycles. The van der Waals surface area contributed by atoms with Gasteiger partial charge in [0, 0.05) is 25.7 Å². The van der Waals surface area contributed by atoms with Crippen molar-refractivity contribution in [1.29, 1.82) is 0 Å². The minimum Gasteiger partial charge on any atom is -0.449 e. The lowest BCUT2D eigenvalue weighted by Crippen LogP contribution is -2.34. The average Bonchev–Trinajstić information content (AvgIpc) is 2.86. The molecule has 6 nitrogen and oxygen atoms in total. The highest BCUT2D eigenvalue weighted by molar-refractivity contribution is 6.31. The van der Waals surface area contributed by atoms with Gasteiger partial charge in [-0.05, 0) is 25.5 Å². The number of hydrogen-bond donors (Lipinski definition) is 0. The standard InChI is InChI=1S/C19H22ClN3O3/c1-13-16(10-11-17(24)26-14(2)19(25)22(3)4)18(20)23(21-13)12-15-8-6-5-7-9-15/h5-11,14H,12H2,1-4H3/b11-10+/t14-/m1/s1. The Morgan fingerprint density at radius 3 is 2.58 bits per heavy atom. The van der Waals surface area contributed by atoms with Crippen LogP contribution in [-0.4, -0.2) is 46.8 Å². The molecule has 2 rings (SSSR count). The van der Waals surface area contributed by atoms with E-state index in [1.807, 2.05) is 37.3 Å².